The Morgan fingerprint density at radius 1 is 1.50 bits per heavy atom. The molecule has 1 aliphatic carbocycles. The van der Waals surface area contributed by atoms with E-state index in [1.807, 2.05) is 12.1 Å². The van der Waals surface area contributed by atoms with Crippen molar-refractivity contribution in [3.8, 4) is 5.75 Å². The first kappa shape index (κ1) is 12.9. The lowest BCUT2D eigenvalue weighted by molar-refractivity contribution is -0.120. The Bertz CT molecular complexity index is 432. The number of phenols is 1. The number of nitrogens with one attached hydrogen (secondary N) is 2. The third-order valence-corrected chi connectivity index (χ3v) is 3.47. The molecular weight excluding hydrogens is 228 g/mol. The van der Waals surface area contributed by atoms with Gasteiger partial charge in [0.2, 0.25) is 5.91 Å². The molecule has 98 valence electrons. The number of amides is 1. The van der Waals surface area contributed by atoms with Crippen molar-refractivity contribution >= 4 is 5.91 Å². The molecule has 1 atom stereocenters. The molecule has 1 amide bonds. The number of fused-ring (bicyclic) bond motifs is 1. The molecule has 18 heavy (non-hydrogen) atoms. The summed E-state index contributed by atoms with van der Waals surface area (Å²) in [4.78, 5) is 11.2. The van der Waals surface area contributed by atoms with Crippen LogP contribution in [0.15, 0.2) is 18.2 Å². The first-order valence-corrected chi connectivity index (χ1v) is 6.46. The summed E-state index contributed by atoms with van der Waals surface area (Å²) in [7, 11) is 1.65. The van der Waals surface area contributed by atoms with E-state index >= 15 is 0 Å². The fraction of sp³-hybridized carbons (Fsp3) is 0.500. The number of hydrogen-bond donors (Lipinski definition) is 3. The second-order valence-electron chi connectivity index (χ2n) is 4.71. The van der Waals surface area contributed by atoms with Crippen molar-refractivity contribution in [2.24, 2.45) is 0 Å². The molecule has 1 unspecified atom stereocenters. The highest BCUT2D eigenvalue weighted by Crippen LogP contribution is 2.31. The molecule has 0 aromatic heterocycles. The van der Waals surface area contributed by atoms with Gasteiger partial charge in [0.25, 0.3) is 0 Å². The fourth-order valence-corrected chi connectivity index (χ4v) is 2.48. The average Bonchev–Trinajstić information content (AvgIpc) is 2.39. The van der Waals surface area contributed by atoms with E-state index in [0.717, 1.165) is 19.3 Å². The van der Waals surface area contributed by atoms with E-state index in [-0.39, 0.29) is 11.9 Å². The molecule has 1 aromatic carbocycles. The van der Waals surface area contributed by atoms with Gasteiger partial charge in [-0.25, -0.2) is 0 Å². The van der Waals surface area contributed by atoms with Crippen LogP contribution in [0.1, 0.15) is 36.4 Å². The van der Waals surface area contributed by atoms with Crippen molar-refractivity contribution in [1.82, 2.24) is 10.6 Å². The summed E-state index contributed by atoms with van der Waals surface area (Å²) in [6.07, 6.45) is 3.77. The van der Waals surface area contributed by atoms with Crippen LogP contribution in [0.5, 0.6) is 5.75 Å². The van der Waals surface area contributed by atoms with Gasteiger partial charge in [-0.15, -0.1) is 0 Å². The Kier molecular flexibility index (Phi) is 4.20. The Morgan fingerprint density at radius 3 is 3.11 bits per heavy atom. The van der Waals surface area contributed by atoms with Crippen molar-refractivity contribution < 1.29 is 9.90 Å². The molecule has 4 heteroatoms. The zero-order chi connectivity index (χ0) is 13.0. The van der Waals surface area contributed by atoms with E-state index < -0.39 is 0 Å². The lowest BCUT2D eigenvalue weighted by Gasteiger charge is -2.26. The zero-order valence-corrected chi connectivity index (χ0v) is 10.7. The largest absolute Gasteiger partial charge is 0.508 e. The standard InChI is InChI=1S/C14H20N2O2/c1-15-14(18)7-8-16-13-4-2-3-10-5-6-11(17)9-12(10)13/h5-6,9,13,16-17H,2-4,7-8H2,1H3,(H,15,18). The smallest absolute Gasteiger partial charge is 0.221 e. The van der Waals surface area contributed by atoms with Gasteiger partial charge in [0.15, 0.2) is 0 Å². The van der Waals surface area contributed by atoms with Gasteiger partial charge in [-0.05, 0) is 42.5 Å². The predicted octanol–water partition coefficient (Wildman–Crippen LogP) is 1.50. The summed E-state index contributed by atoms with van der Waals surface area (Å²) in [5.41, 5.74) is 2.48. The summed E-state index contributed by atoms with van der Waals surface area (Å²) in [5, 5.41) is 15.6. The lowest BCUT2D eigenvalue weighted by atomic mass is 9.87. The topological polar surface area (TPSA) is 61.4 Å². The van der Waals surface area contributed by atoms with E-state index in [1.165, 1.54) is 11.1 Å². The molecule has 0 saturated carbocycles. The quantitative estimate of drug-likeness (QED) is 0.756. The number of rotatable bonds is 4. The highest BCUT2D eigenvalue weighted by Gasteiger charge is 2.20. The highest BCUT2D eigenvalue weighted by atomic mass is 16.3. The molecule has 3 N–H and O–H groups in total. The van der Waals surface area contributed by atoms with Crippen LogP contribution in [-0.4, -0.2) is 24.6 Å². The minimum atomic E-state index is 0.0504. The SMILES string of the molecule is CNC(=O)CCNC1CCCc2ccc(O)cc21. The van der Waals surface area contributed by atoms with Crippen LogP contribution >= 0.6 is 0 Å². The summed E-state index contributed by atoms with van der Waals surface area (Å²) < 4.78 is 0. The van der Waals surface area contributed by atoms with Crippen LogP contribution in [-0.2, 0) is 11.2 Å². The molecule has 1 aliphatic rings. The van der Waals surface area contributed by atoms with Crippen molar-refractivity contribution in [2.75, 3.05) is 13.6 Å². The maximum Gasteiger partial charge on any atom is 0.221 e. The number of carbonyl (C=O) groups is 1. The van der Waals surface area contributed by atoms with Crippen molar-refractivity contribution in [1.29, 1.82) is 0 Å². The van der Waals surface area contributed by atoms with Gasteiger partial charge in [-0.1, -0.05) is 6.07 Å². The Morgan fingerprint density at radius 2 is 2.33 bits per heavy atom. The third kappa shape index (κ3) is 3.01. The molecule has 0 aliphatic heterocycles. The van der Waals surface area contributed by atoms with Crippen LogP contribution in [0.4, 0.5) is 0 Å². The monoisotopic (exact) mass is 248 g/mol. The fourth-order valence-electron chi connectivity index (χ4n) is 2.48. The molecule has 0 spiro atoms. The van der Waals surface area contributed by atoms with Gasteiger partial charge in [-0.2, -0.15) is 0 Å². The lowest BCUT2D eigenvalue weighted by Crippen LogP contribution is -2.29. The number of aromatic hydroxyl groups is 1. The molecule has 0 saturated heterocycles. The molecule has 0 radical (unpaired) electrons. The number of phenolic OH excluding ortho intramolecular Hbond substituents is 1. The minimum absolute atomic E-state index is 0.0504. The molecule has 1 aromatic rings. The van der Waals surface area contributed by atoms with Crippen LogP contribution in [0, 0.1) is 0 Å². The van der Waals surface area contributed by atoms with E-state index in [4.69, 9.17) is 0 Å². The molecule has 0 fully saturated rings. The van der Waals surface area contributed by atoms with Crippen LogP contribution in [0.2, 0.25) is 0 Å². The number of aryl methyl sites for hydroxylation is 1. The van der Waals surface area contributed by atoms with Gasteiger partial charge in [0, 0.05) is 26.1 Å². The summed E-state index contributed by atoms with van der Waals surface area (Å²) >= 11 is 0. The zero-order valence-electron chi connectivity index (χ0n) is 10.7. The molecule has 0 bridgehead atoms. The van der Waals surface area contributed by atoms with Gasteiger partial charge in [0.05, 0.1) is 0 Å². The van der Waals surface area contributed by atoms with Crippen LogP contribution < -0.4 is 10.6 Å². The Balaban J connectivity index is 1.99. The van der Waals surface area contributed by atoms with E-state index in [1.54, 1.807) is 13.1 Å². The Labute approximate surface area is 107 Å². The predicted molar refractivity (Wildman–Crippen MR) is 70.5 cm³/mol. The van der Waals surface area contributed by atoms with Gasteiger partial charge in [-0.3, -0.25) is 4.79 Å². The molecule has 0 heterocycles. The molecule has 4 nitrogen and oxygen atoms in total. The van der Waals surface area contributed by atoms with E-state index in [9.17, 15) is 9.90 Å². The average molecular weight is 248 g/mol. The van der Waals surface area contributed by atoms with Crippen LogP contribution in [0.3, 0.4) is 0 Å². The van der Waals surface area contributed by atoms with E-state index in [2.05, 4.69) is 10.6 Å². The number of hydrogen-bond acceptors (Lipinski definition) is 3. The van der Waals surface area contributed by atoms with Gasteiger partial charge in [0.1, 0.15) is 5.75 Å². The molecular formula is C14H20N2O2. The van der Waals surface area contributed by atoms with Gasteiger partial charge >= 0.3 is 0 Å². The number of benzene rings is 1. The third-order valence-electron chi connectivity index (χ3n) is 3.47. The maximum atomic E-state index is 11.2. The highest BCUT2D eigenvalue weighted by molar-refractivity contribution is 5.75. The summed E-state index contributed by atoms with van der Waals surface area (Å²) in [6.45, 7) is 0.666. The van der Waals surface area contributed by atoms with Crippen molar-refractivity contribution in [3.63, 3.8) is 0 Å². The summed E-state index contributed by atoms with van der Waals surface area (Å²) in [6, 6.07) is 5.83. The van der Waals surface area contributed by atoms with Crippen molar-refractivity contribution in [2.45, 2.75) is 31.7 Å². The Hall–Kier alpha value is -1.55. The second-order valence-corrected chi connectivity index (χ2v) is 4.71. The minimum Gasteiger partial charge on any atom is -0.508 e. The number of carbonyl (C=O) groups excluding carboxylic acids is 1. The van der Waals surface area contributed by atoms with Crippen molar-refractivity contribution in [3.05, 3.63) is 29.3 Å². The van der Waals surface area contributed by atoms with Crippen LogP contribution in [0.25, 0.3) is 0 Å². The summed E-state index contributed by atoms with van der Waals surface area (Å²) in [5.74, 6) is 0.364. The molecule has 2 rings (SSSR count). The first-order valence-electron chi connectivity index (χ1n) is 6.46. The van der Waals surface area contributed by atoms with E-state index in [0.29, 0.717) is 18.7 Å². The normalized spacial score (nSPS) is 18.2. The van der Waals surface area contributed by atoms with Gasteiger partial charge < -0.3 is 15.7 Å². The maximum absolute atomic E-state index is 11.2. The first-order chi connectivity index (χ1) is 8.70. The second kappa shape index (κ2) is 5.87.